The quantitative estimate of drug-likeness (QED) is 0.637. The number of nitrogens with two attached hydrogens (primary N) is 1. The molecule has 0 aliphatic heterocycles. The first-order valence-corrected chi connectivity index (χ1v) is 7.51. The highest BCUT2D eigenvalue weighted by Crippen LogP contribution is 2.07. The van der Waals surface area contributed by atoms with Gasteiger partial charge in [0.25, 0.3) is 0 Å². The van der Waals surface area contributed by atoms with Crippen molar-refractivity contribution in [2.45, 2.75) is 39.8 Å². The van der Waals surface area contributed by atoms with Crippen LogP contribution in [0.5, 0.6) is 0 Å². The summed E-state index contributed by atoms with van der Waals surface area (Å²) in [7, 11) is 0. The number of unbranched alkanes of at least 4 members (excludes halogenated alkanes) is 1. The fraction of sp³-hybridized carbons (Fsp3) is 0.625. The number of benzene rings is 1. The maximum Gasteiger partial charge on any atom is 0.0233 e. The predicted molar refractivity (Wildman–Crippen MR) is 83.1 cm³/mol. The van der Waals surface area contributed by atoms with Gasteiger partial charge in [0.1, 0.15) is 0 Å². The number of hydrogen-bond acceptors (Lipinski definition) is 3. The lowest BCUT2D eigenvalue weighted by Gasteiger charge is -2.18. The Morgan fingerprint density at radius 1 is 1.00 bits per heavy atom. The summed E-state index contributed by atoms with van der Waals surface area (Å²) in [6, 6.07) is 8.95. The summed E-state index contributed by atoms with van der Waals surface area (Å²) in [5.41, 5.74) is 8.23. The first kappa shape index (κ1) is 16.2. The van der Waals surface area contributed by atoms with Crippen molar-refractivity contribution in [1.82, 2.24) is 10.2 Å². The molecule has 108 valence electrons. The van der Waals surface area contributed by atoms with Crippen LogP contribution in [0.25, 0.3) is 0 Å². The smallest absolute Gasteiger partial charge is 0.0233 e. The van der Waals surface area contributed by atoms with Crippen LogP contribution in [-0.2, 0) is 13.1 Å². The predicted octanol–water partition coefficient (Wildman–Crippen LogP) is 2.36. The van der Waals surface area contributed by atoms with Gasteiger partial charge in [0.2, 0.25) is 0 Å². The lowest BCUT2D eigenvalue weighted by molar-refractivity contribution is 0.296. The Kier molecular flexibility index (Phi) is 8.47. The van der Waals surface area contributed by atoms with Gasteiger partial charge in [-0.3, -0.25) is 4.90 Å². The normalized spacial score (nSPS) is 11.2. The Morgan fingerprint density at radius 3 is 2.21 bits per heavy atom. The molecule has 0 amide bonds. The first-order valence-electron chi connectivity index (χ1n) is 7.51. The van der Waals surface area contributed by atoms with Crippen LogP contribution in [0.4, 0.5) is 0 Å². The third kappa shape index (κ3) is 6.71. The van der Waals surface area contributed by atoms with Crippen molar-refractivity contribution in [2.24, 2.45) is 5.73 Å². The number of hydrogen-bond donors (Lipinski definition) is 2. The molecule has 0 spiro atoms. The van der Waals surface area contributed by atoms with Crippen LogP contribution in [0, 0.1) is 0 Å². The summed E-state index contributed by atoms with van der Waals surface area (Å²) in [6.45, 7) is 10.5. The standard InChI is InChI=1S/C16H29N3/c1-3-19(4-2)14-16-9-7-15(8-10-16)13-18-12-6-5-11-17/h7-10,18H,3-6,11-14,17H2,1-2H3. The highest BCUT2D eigenvalue weighted by atomic mass is 15.1. The van der Waals surface area contributed by atoms with Crippen molar-refractivity contribution in [3.05, 3.63) is 35.4 Å². The van der Waals surface area contributed by atoms with Gasteiger partial charge in [0, 0.05) is 13.1 Å². The van der Waals surface area contributed by atoms with Crippen LogP contribution in [0.2, 0.25) is 0 Å². The maximum absolute atomic E-state index is 5.47. The van der Waals surface area contributed by atoms with Crippen LogP contribution in [0.1, 0.15) is 37.8 Å². The fourth-order valence-electron chi connectivity index (χ4n) is 2.09. The largest absolute Gasteiger partial charge is 0.330 e. The minimum Gasteiger partial charge on any atom is -0.330 e. The van der Waals surface area contributed by atoms with Crippen molar-refractivity contribution in [1.29, 1.82) is 0 Å². The van der Waals surface area contributed by atoms with Gasteiger partial charge >= 0.3 is 0 Å². The lowest BCUT2D eigenvalue weighted by atomic mass is 10.1. The Hall–Kier alpha value is -0.900. The zero-order chi connectivity index (χ0) is 13.9. The van der Waals surface area contributed by atoms with E-state index in [9.17, 15) is 0 Å². The van der Waals surface area contributed by atoms with Crippen molar-refractivity contribution in [2.75, 3.05) is 26.2 Å². The molecule has 3 heteroatoms. The Labute approximate surface area is 118 Å². The monoisotopic (exact) mass is 263 g/mol. The van der Waals surface area contributed by atoms with E-state index in [4.69, 9.17) is 5.73 Å². The molecule has 0 atom stereocenters. The summed E-state index contributed by atoms with van der Waals surface area (Å²) < 4.78 is 0. The highest BCUT2D eigenvalue weighted by molar-refractivity contribution is 5.22. The lowest BCUT2D eigenvalue weighted by Crippen LogP contribution is -2.22. The summed E-state index contributed by atoms with van der Waals surface area (Å²) >= 11 is 0. The highest BCUT2D eigenvalue weighted by Gasteiger charge is 2.01. The zero-order valence-corrected chi connectivity index (χ0v) is 12.5. The third-order valence-corrected chi connectivity index (χ3v) is 3.46. The molecule has 0 saturated carbocycles. The summed E-state index contributed by atoms with van der Waals surface area (Å²) in [6.07, 6.45) is 2.27. The van der Waals surface area contributed by atoms with E-state index in [0.717, 1.165) is 52.1 Å². The third-order valence-electron chi connectivity index (χ3n) is 3.46. The van der Waals surface area contributed by atoms with Crippen LogP contribution in [0.3, 0.4) is 0 Å². The molecule has 0 aromatic heterocycles. The van der Waals surface area contributed by atoms with Crippen molar-refractivity contribution in [3.63, 3.8) is 0 Å². The second-order valence-corrected chi connectivity index (χ2v) is 4.95. The van der Waals surface area contributed by atoms with E-state index in [0.29, 0.717) is 0 Å². The van der Waals surface area contributed by atoms with E-state index in [1.165, 1.54) is 11.1 Å². The average molecular weight is 263 g/mol. The molecule has 1 aromatic carbocycles. The number of nitrogens with one attached hydrogen (secondary N) is 1. The van der Waals surface area contributed by atoms with E-state index < -0.39 is 0 Å². The molecule has 3 nitrogen and oxygen atoms in total. The molecule has 0 fully saturated rings. The Bertz CT molecular complexity index is 317. The van der Waals surface area contributed by atoms with Gasteiger partial charge in [-0.1, -0.05) is 38.1 Å². The van der Waals surface area contributed by atoms with Crippen LogP contribution in [0.15, 0.2) is 24.3 Å². The minimum atomic E-state index is 0.793. The molecule has 0 aliphatic rings. The summed E-state index contributed by atoms with van der Waals surface area (Å²) in [5.74, 6) is 0. The topological polar surface area (TPSA) is 41.3 Å². The molecule has 19 heavy (non-hydrogen) atoms. The van der Waals surface area contributed by atoms with Gasteiger partial charge < -0.3 is 11.1 Å². The first-order chi connectivity index (χ1) is 9.30. The molecule has 1 aromatic rings. The minimum absolute atomic E-state index is 0.793. The molecule has 0 saturated heterocycles. The van der Waals surface area contributed by atoms with E-state index in [1.54, 1.807) is 0 Å². The number of nitrogens with zero attached hydrogens (tertiary/aromatic N) is 1. The average Bonchev–Trinajstić information content (AvgIpc) is 2.46. The van der Waals surface area contributed by atoms with Gasteiger partial charge in [0.15, 0.2) is 0 Å². The molecule has 3 N–H and O–H groups in total. The van der Waals surface area contributed by atoms with E-state index >= 15 is 0 Å². The second-order valence-electron chi connectivity index (χ2n) is 4.95. The molecular formula is C16H29N3. The maximum atomic E-state index is 5.47. The van der Waals surface area contributed by atoms with Crippen molar-refractivity contribution in [3.8, 4) is 0 Å². The summed E-state index contributed by atoms with van der Waals surface area (Å²) in [4.78, 5) is 2.43. The van der Waals surface area contributed by atoms with Crippen LogP contribution < -0.4 is 11.1 Å². The zero-order valence-electron chi connectivity index (χ0n) is 12.5. The Morgan fingerprint density at radius 2 is 1.63 bits per heavy atom. The summed E-state index contributed by atoms with van der Waals surface area (Å²) in [5, 5.41) is 3.45. The van der Waals surface area contributed by atoms with Crippen LogP contribution >= 0.6 is 0 Å². The molecule has 0 heterocycles. The van der Waals surface area contributed by atoms with E-state index in [-0.39, 0.29) is 0 Å². The van der Waals surface area contributed by atoms with E-state index in [1.807, 2.05) is 0 Å². The van der Waals surface area contributed by atoms with E-state index in [2.05, 4.69) is 48.3 Å². The van der Waals surface area contributed by atoms with Gasteiger partial charge in [-0.05, 0) is 50.1 Å². The van der Waals surface area contributed by atoms with Gasteiger partial charge in [-0.15, -0.1) is 0 Å². The van der Waals surface area contributed by atoms with Crippen molar-refractivity contribution < 1.29 is 0 Å². The number of rotatable bonds is 10. The van der Waals surface area contributed by atoms with Gasteiger partial charge in [0.05, 0.1) is 0 Å². The van der Waals surface area contributed by atoms with Crippen LogP contribution in [-0.4, -0.2) is 31.1 Å². The SMILES string of the molecule is CCN(CC)Cc1ccc(CNCCCCN)cc1. The molecule has 0 bridgehead atoms. The molecule has 0 unspecified atom stereocenters. The van der Waals surface area contributed by atoms with Crippen molar-refractivity contribution >= 4 is 0 Å². The molecule has 0 aliphatic carbocycles. The molecule has 0 radical (unpaired) electrons. The van der Waals surface area contributed by atoms with Gasteiger partial charge in [-0.2, -0.15) is 0 Å². The molecule has 1 rings (SSSR count). The second kappa shape index (κ2) is 9.96. The molecular weight excluding hydrogens is 234 g/mol. The van der Waals surface area contributed by atoms with Gasteiger partial charge in [-0.25, -0.2) is 0 Å². The fourth-order valence-corrected chi connectivity index (χ4v) is 2.09. The Balaban J connectivity index is 2.30.